The van der Waals surface area contributed by atoms with Crippen molar-refractivity contribution in [2.45, 2.75) is 31.7 Å². The summed E-state index contributed by atoms with van der Waals surface area (Å²) in [6, 6.07) is 0. The van der Waals surface area contributed by atoms with Crippen LogP contribution in [0.4, 0.5) is 0 Å². The summed E-state index contributed by atoms with van der Waals surface area (Å²) in [7, 11) is 0. The maximum atomic E-state index is 4.33. The summed E-state index contributed by atoms with van der Waals surface area (Å²) in [4.78, 5) is 8.65. The predicted octanol–water partition coefficient (Wildman–Crippen LogP) is 2.05. The number of rotatable bonds is 4. The fourth-order valence-electron chi connectivity index (χ4n) is 2.57. The number of aromatic nitrogens is 3. The van der Waals surface area contributed by atoms with Gasteiger partial charge in [-0.3, -0.25) is 0 Å². The molecule has 1 N–H and O–H groups in total. The molecule has 5 heteroatoms. The van der Waals surface area contributed by atoms with Crippen LogP contribution in [0.3, 0.4) is 0 Å². The number of piperidine rings is 1. The van der Waals surface area contributed by atoms with Crippen molar-refractivity contribution in [3.05, 3.63) is 34.8 Å². The van der Waals surface area contributed by atoms with E-state index < -0.39 is 0 Å². The fourth-order valence-corrected chi connectivity index (χ4v) is 3.16. The second-order valence-electron chi connectivity index (χ2n) is 4.77. The number of hydrogen-bond donors (Lipinski definition) is 1. The SMILES string of the molecule is c1nc(CCn2cncc2C2CCNCC2)cs1. The lowest BCUT2D eigenvalue weighted by Crippen LogP contribution is -2.27. The predicted molar refractivity (Wildman–Crippen MR) is 72.9 cm³/mol. The number of nitrogens with one attached hydrogen (secondary N) is 1. The zero-order valence-corrected chi connectivity index (χ0v) is 11.2. The summed E-state index contributed by atoms with van der Waals surface area (Å²) < 4.78 is 2.30. The molecule has 96 valence electrons. The van der Waals surface area contributed by atoms with E-state index in [1.54, 1.807) is 11.3 Å². The summed E-state index contributed by atoms with van der Waals surface area (Å²) in [5.74, 6) is 0.671. The molecular weight excluding hydrogens is 244 g/mol. The average molecular weight is 262 g/mol. The molecule has 0 spiro atoms. The van der Waals surface area contributed by atoms with Gasteiger partial charge >= 0.3 is 0 Å². The van der Waals surface area contributed by atoms with Crippen LogP contribution in [0, 0.1) is 0 Å². The quantitative estimate of drug-likeness (QED) is 0.917. The number of imidazole rings is 1. The number of aryl methyl sites for hydroxylation is 2. The Morgan fingerprint density at radius 3 is 3.06 bits per heavy atom. The second kappa shape index (κ2) is 5.63. The van der Waals surface area contributed by atoms with Gasteiger partial charge < -0.3 is 9.88 Å². The normalized spacial score (nSPS) is 17.1. The van der Waals surface area contributed by atoms with Crippen LogP contribution >= 0.6 is 11.3 Å². The van der Waals surface area contributed by atoms with Crippen molar-refractivity contribution < 1.29 is 0 Å². The Morgan fingerprint density at radius 2 is 2.28 bits per heavy atom. The van der Waals surface area contributed by atoms with Gasteiger partial charge in [-0.05, 0) is 25.9 Å². The summed E-state index contributed by atoms with van der Waals surface area (Å²) in [6.07, 6.45) is 7.45. The zero-order valence-electron chi connectivity index (χ0n) is 10.4. The minimum atomic E-state index is 0.671. The first-order valence-electron chi connectivity index (χ1n) is 6.51. The van der Waals surface area contributed by atoms with E-state index in [-0.39, 0.29) is 0 Å². The number of hydrogen-bond acceptors (Lipinski definition) is 4. The molecule has 1 aliphatic heterocycles. The summed E-state index contributed by atoms with van der Waals surface area (Å²) in [5.41, 5.74) is 4.48. The van der Waals surface area contributed by atoms with Crippen molar-refractivity contribution in [1.82, 2.24) is 19.9 Å². The zero-order chi connectivity index (χ0) is 12.2. The Morgan fingerprint density at radius 1 is 1.39 bits per heavy atom. The van der Waals surface area contributed by atoms with Gasteiger partial charge in [0.1, 0.15) is 0 Å². The highest BCUT2D eigenvalue weighted by molar-refractivity contribution is 7.07. The lowest BCUT2D eigenvalue weighted by Gasteiger charge is -2.23. The van der Waals surface area contributed by atoms with Crippen LogP contribution in [0.25, 0.3) is 0 Å². The van der Waals surface area contributed by atoms with Crippen molar-refractivity contribution in [3.8, 4) is 0 Å². The molecule has 0 unspecified atom stereocenters. The van der Waals surface area contributed by atoms with Crippen molar-refractivity contribution >= 4 is 11.3 Å². The molecule has 1 aliphatic rings. The molecule has 4 nitrogen and oxygen atoms in total. The van der Waals surface area contributed by atoms with Gasteiger partial charge in [0.2, 0.25) is 0 Å². The smallest absolute Gasteiger partial charge is 0.0948 e. The van der Waals surface area contributed by atoms with Crippen molar-refractivity contribution in [3.63, 3.8) is 0 Å². The third-order valence-electron chi connectivity index (χ3n) is 3.59. The lowest BCUT2D eigenvalue weighted by atomic mass is 9.95. The van der Waals surface area contributed by atoms with Crippen molar-refractivity contribution in [2.24, 2.45) is 0 Å². The van der Waals surface area contributed by atoms with E-state index in [0.29, 0.717) is 5.92 Å². The molecule has 2 aromatic rings. The van der Waals surface area contributed by atoms with Crippen LogP contribution in [0.15, 0.2) is 23.4 Å². The third-order valence-corrected chi connectivity index (χ3v) is 4.23. The van der Waals surface area contributed by atoms with E-state index in [9.17, 15) is 0 Å². The minimum absolute atomic E-state index is 0.671. The molecule has 0 bridgehead atoms. The average Bonchev–Trinajstić information content (AvgIpc) is 3.09. The lowest BCUT2D eigenvalue weighted by molar-refractivity contribution is 0.438. The Bertz CT molecular complexity index is 471. The summed E-state index contributed by atoms with van der Waals surface area (Å²) in [6.45, 7) is 3.24. The molecule has 18 heavy (non-hydrogen) atoms. The van der Waals surface area contributed by atoms with Crippen LogP contribution < -0.4 is 5.32 Å². The van der Waals surface area contributed by atoms with Crippen molar-refractivity contribution in [2.75, 3.05) is 13.1 Å². The van der Waals surface area contributed by atoms with E-state index in [4.69, 9.17) is 0 Å². The molecule has 1 saturated heterocycles. The van der Waals surface area contributed by atoms with E-state index in [1.807, 2.05) is 18.0 Å². The Hall–Kier alpha value is -1.20. The number of thiazole rings is 1. The molecule has 3 rings (SSSR count). The first-order chi connectivity index (χ1) is 8.93. The molecule has 2 aromatic heterocycles. The molecule has 0 aliphatic carbocycles. The van der Waals surface area contributed by atoms with Crippen LogP contribution in [-0.2, 0) is 13.0 Å². The van der Waals surface area contributed by atoms with Crippen LogP contribution in [-0.4, -0.2) is 27.6 Å². The highest BCUT2D eigenvalue weighted by Gasteiger charge is 2.18. The van der Waals surface area contributed by atoms with E-state index in [2.05, 4.69) is 25.2 Å². The molecule has 0 radical (unpaired) electrons. The highest BCUT2D eigenvalue weighted by atomic mass is 32.1. The number of nitrogens with zero attached hydrogens (tertiary/aromatic N) is 3. The summed E-state index contributed by atoms with van der Waals surface area (Å²) in [5, 5.41) is 5.54. The van der Waals surface area contributed by atoms with E-state index >= 15 is 0 Å². The molecule has 0 amide bonds. The monoisotopic (exact) mass is 262 g/mol. The standard InChI is InChI=1S/C13H18N4S/c1-4-14-5-2-11(1)13-7-15-9-17(13)6-3-12-8-18-10-16-12/h7-11,14H,1-6H2. The van der Waals surface area contributed by atoms with Crippen LogP contribution in [0.2, 0.25) is 0 Å². The second-order valence-corrected chi connectivity index (χ2v) is 5.48. The Labute approximate surface area is 111 Å². The maximum Gasteiger partial charge on any atom is 0.0948 e. The molecule has 0 saturated carbocycles. The molecule has 0 atom stereocenters. The first kappa shape index (κ1) is 11.9. The topological polar surface area (TPSA) is 42.7 Å². The third kappa shape index (κ3) is 2.62. The molecule has 1 fully saturated rings. The van der Waals surface area contributed by atoms with Crippen molar-refractivity contribution in [1.29, 1.82) is 0 Å². The van der Waals surface area contributed by atoms with Gasteiger partial charge in [-0.25, -0.2) is 9.97 Å². The Balaban J connectivity index is 1.67. The van der Waals surface area contributed by atoms with Crippen LogP contribution in [0.1, 0.15) is 30.1 Å². The first-order valence-corrected chi connectivity index (χ1v) is 7.45. The van der Waals surface area contributed by atoms with E-state index in [0.717, 1.165) is 26.1 Å². The van der Waals surface area contributed by atoms with Gasteiger partial charge in [0.15, 0.2) is 0 Å². The minimum Gasteiger partial charge on any atom is -0.334 e. The van der Waals surface area contributed by atoms with Gasteiger partial charge in [0.05, 0.1) is 17.5 Å². The highest BCUT2D eigenvalue weighted by Crippen LogP contribution is 2.24. The van der Waals surface area contributed by atoms with Gasteiger partial charge in [-0.15, -0.1) is 11.3 Å². The molecule has 3 heterocycles. The fraction of sp³-hybridized carbons (Fsp3) is 0.538. The Kier molecular flexibility index (Phi) is 3.71. The van der Waals surface area contributed by atoms with Gasteiger partial charge in [0.25, 0.3) is 0 Å². The van der Waals surface area contributed by atoms with Gasteiger partial charge in [-0.2, -0.15) is 0 Å². The maximum absolute atomic E-state index is 4.33. The molecule has 0 aromatic carbocycles. The van der Waals surface area contributed by atoms with Gasteiger partial charge in [0, 0.05) is 36.2 Å². The van der Waals surface area contributed by atoms with Crippen LogP contribution in [0.5, 0.6) is 0 Å². The largest absolute Gasteiger partial charge is 0.334 e. The van der Waals surface area contributed by atoms with Gasteiger partial charge in [-0.1, -0.05) is 0 Å². The summed E-state index contributed by atoms with van der Waals surface area (Å²) >= 11 is 1.66. The van der Waals surface area contributed by atoms with E-state index in [1.165, 1.54) is 24.2 Å². The molecular formula is C13H18N4S.